The molecule has 0 spiro atoms. The Kier molecular flexibility index (Phi) is 6.44. The van der Waals surface area contributed by atoms with Crippen LogP contribution in [-0.2, 0) is 0 Å². The number of anilines is 1. The van der Waals surface area contributed by atoms with Crippen molar-refractivity contribution in [3.05, 3.63) is 182 Å². The summed E-state index contributed by atoms with van der Waals surface area (Å²) >= 11 is 0. The molecule has 1 aliphatic rings. The second-order valence-corrected chi connectivity index (χ2v) is 15.3. The maximum Gasteiger partial charge on any atom is 0.135 e. The van der Waals surface area contributed by atoms with Crippen molar-refractivity contribution in [2.45, 2.75) is 0 Å². The number of rotatable bonds is 4. The van der Waals surface area contributed by atoms with Gasteiger partial charge >= 0.3 is 0 Å². The fourth-order valence-electron chi connectivity index (χ4n) is 9.46. The van der Waals surface area contributed by atoms with Crippen molar-refractivity contribution in [2.75, 3.05) is 11.9 Å². The van der Waals surface area contributed by atoms with Gasteiger partial charge in [0, 0.05) is 55.6 Å². The van der Waals surface area contributed by atoms with Gasteiger partial charge in [0.25, 0.3) is 0 Å². The highest BCUT2D eigenvalue weighted by Crippen LogP contribution is 2.41. The van der Waals surface area contributed by atoms with Crippen molar-refractivity contribution in [1.29, 1.82) is 0 Å². The zero-order valence-electron chi connectivity index (χ0n) is 31.2. The number of hydrogen-bond acceptors (Lipinski definition) is 3. The summed E-state index contributed by atoms with van der Waals surface area (Å²) in [7, 11) is 0. The molecule has 1 aliphatic heterocycles. The molecule has 8 aromatic carbocycles. The van der Waals surface area contributed by atoms with Crippen LogP contribution >= 0.6 is 0 Å². The first-order valence-electron chi connectivity index (χ1n) is 19.8. The molecule has 1 N–H and O–H groups in total. The molecule has 0 atom stereocenters. The van der Waals surface area contributed by atoms with Gasteiger partial charge in [-0.25, -0.2) is 0 Å². The third-order valence-corrected chi connectivity index (χ3v) is 12.1. The maximum absolute atomic E-state index is 6.41. The Morgan fingerprint density at radius 3 is 1.43 bits per heavy atom. The topological polar surface area (TPSA) is 48.2 Å². The Morgan fingerprint density at radius 1 is 0.379 bits per heavy atom. The van der Waals surface area contributed by atoms with E-state index in [1.165, 1.54) is 44.1 Å². The molecule has 5 heteroatoms. The highest BCUT2D eigenvalue weighted by atomic mass is 16.3. The molecule has 0 bridgehead atoms. The van der Waals surface area contributed by atoms with E-state index < -0.39 is 0 Å². The minimum Gasteiger partial charge on any atom is -0.456 e. The highest BCUT2D eigenvalue weighted by molar-refractivity contribution is 6.11. The molecule has 0 unspecified atom stereocenters. The van der Waals surface area contributed by atoms with Crippen LogP contribution in [0, 0.1) is 0 Å². The third kappa shape index (κ3) is 4.53. The Balaban J connectivity index is 0.905. The summed E-state index contributed by atoms with van der Waals surface area (Å²) in [6, 6.07) is 60.9. The lowest BCUT2D eigenvalue weighted by Crippen LogP contribution is -2.05. The monoisotopic (exact) mass is 743 g/mol. The van der Waals surface area contributed by atoms with Crippen LogP contribution < -0.4 is 5.32 Å². The Hall–Kier alpha value is -7.76. The first kappa shape index (κ1) is 31.4. The molecule has 4 aromatic heterocycles. The minimum atomic E-state index is 0.830. The lowest BCUT2D eigenvalue weighted by atomic mass is 9.97. The predicted molar refractivity (Wildman–Crippen MR) is 241 cm³/mol. The van der Waals surface area contributed by atoms with E-state index in [4.69, 9.17) is 8.83 Å². The lowest BCUT2D eigenvalue weighted by molar-refractivity contribution is 0.668. The van der Waals surface area contributed by atoms with Crippen molar-refractivity contribution in [3.63, 3.8) is 0 Å². The van der Waals surface area contributed by atoms with Gasteiger partial charge < -0.3 is 23.3 Å². The largest absolute Gasteiger partial charge is 0.456 e. The average molecular weight is 744 g/mol. The number of nitrogens with zero attached hydrogens (tertiary/aromatic N) is 2. The van der Waals surface area contributed by atoms with E-state index in [-0.39, 0.29) is 0 Å². The molecule has 0 aliphatic carbocycles. The molecule has 0 amide bonds. The Bertz CT molecular complexity index is 3650. The molecular weight excluding hydrogens is 711 g/mol. The number of nitrogens with one attached hydrogen (secondary N) is 1. The van der Waals surface area contributed by atoms with E-state index in [1.807, 2.05) is 0 Å². The smallest absolute Gasteiger partial charge is 0.135 e. The standard InChI is InChI=1S/C53H33N3O2/c1-4-14-45-38(11-1)39-12-2-5-15-46(39)55(45)36-20-24-51-43(30-36)41-28-34(18-22-49(41)57-51)32-9-7-10-33(27-32)35-19-23-50-42(29-35)44-31-37(21-25-52(44)58-50)56-47-16-6-3-13-40(47)53-48(56)17-8-26-54-53/h1-25,27-31,54H,26H2. The lowest BCUT2D eigenvalue weighted by Gasteiger charge is -2.13. The zero-order chi connectivity index (χ0) is 37.9. The van der Waals surface area contributed by atoms with Gasteiger partial charge in [0.1, 0.15) is 22.3 Å². The second kappa shape index (κ2) is 11.9. The fraction of sp³-hybridized carbons (Fsp3) is 0.0189. The maximum atomic E-state index is 6.41. The normalized spacial score (nSPS) is 12.8. The van der Waals surface area contributed by atoms with E-state index >= 15 is 0 Å². The molecule has 0 radical (unpaired) electrons. The number of furan rings is 2. The molecule has 58 heavy (non-hydrogen) atoms. The highest BCUT2D eigenvalue weighted by Gasteiger charge is 2.20. The van der Waals surface area contributed by atoms with E-state index in [1.54, 1.807) is 0 Å². The van der Waals surface area contributed by atoms with Gasteiger partial charge in [-0.3, -0.25) is 0 Å². The average Bonchev–Trinajstić information content (AvgIpc) is 4.03. The van der Waals surface area contributed by atoms with Gasteiger partial charge in [0.15, 0.2) is 0 Å². The molecule has 12 aromatic rings. The van der Waals surface area contributed by atoms with Crippen LogP contribution in [-0.4, -0.2) is 15.7 Å². The quantitative estimate of drug-likeness (QED) is 0.195. The number of para-hydroxylation sites is 3. The number of fused-ring (bicyclic) bond motifs is 12. The number of aromatic nitrogens is 2. The van der Waals surface area contributed by atoms with E-state index in [0.717, 1.165) is 84.1 Å². The van der Waals surface area contributed by atoms with Gasteiger partial charge in [-0.15, -0.1) is 0 Å². The first-order chi connectivity index (χ1) is 28.7. The van der Waals surface area contributed by atoms with Crippen LogP contribution in [0.15, 0.2) is 185 Å². The van der Waals surface area contributed by atoms with E-state index in [2.05, 4.69) is 196 Å². The van der Waals surface area contributed by atoms with Crippen molar-refractivity contribution < 1.29 is 8.83 Å². The molecule has 13 rings (SSSR count). The van der Waals surface area contributed by atoms with Crippen LogP contribution in [0.1, 0.15) is 5.69 Å². The number of hydrogen-bond donors (Lipinski definition) is 1. The van der Waals surface area contributed by atoms with Crippen LogP contribution in [0.2, 0.25) is 0 Å². The minimum absolute atomic E-state index is 0.830. The van der Waals surface area contributed by atoms with Crippen LogP contribution in [0.5, 0.6) is 0 Å². The van der Waals surface area contributed by atoms with E-state index in [9.17, 15) is 0 Å². The molecule has 0 saturated heterocycles. The van der Waals surface area contributed by atoms with Gasteiger partial charge in [-0.1, -0.05) is 91.0 Å². The molecule has 5 nitrogen and oxygen atoms in total. The molecule has 5 heterocycles. The third-order valence-electron chi connectivity index (χ3n) is 12.1. The summed E-state index contributed by atoms with van der Waals surface area (Å²) in [6.07, 6.45) is 4.41. The molecular formula is C53H33N3O2. The second-order valence-electron chi connectivity index (χ2n) is 15.3. The Labute approximate surface area is 332 Å². The van der Waals surface area contributed by atoms with Crippen LogP contribution in [0.3, 0.4) is 0 Å². The van der Waals surface area contributed by atoms with E-state index in [0.29, 0.717) is 0 Å². The van der Waals surface area contributed by atoms with Crippen molar-refractivity contribution >= 4 is 88.3 Å². The van der Waals surface area contributed by atoms with Gasteiger partial charge in [-0.05, 0) is 113 Å². The van der Waals surface area contributed by atoms with Crippen molar-refractivity contribution in [1.82, 2.24) is 9.13 Å². The summed E-state index contributed by atoms with van der Waals surface area (Å²) in [5.41, 5.74) is 16.3. The Morgan fingerprint density at radius 2 is 0.845 bits per heavy atom. The van der Waals surface area contributed by atoms with Crippen molar-refractivity contribution in [3.8, 4) is 33.6 Å². The molecule has 0 fully saturated rings. The zero-order valence-corrected chi connectivity index (χ0v) is 31.2. The molecule has 272 valence electrons. The fourth-order valence-corrected chi connectivity index (χ4v) is 9.46. The first-order valence-corrected chi connectivity index (χ1v) is 19.8. The van der Waals surface area contributed by atoms with Gasteiger partial charge in [-0.2, -0.15) is 0 Å². The SMILES string of the molecule is C1=Cc2c(c3ccccc3n2-c2ccc3oc4ccc(-c5cccc(-c6ccc7oc8ccc(-n9c%10ccccc%10c%10ccccc%109)cc8c7c6)c5)cc4c3c2)NC1. The van der Waals surface area contributed by atoms with Crippen LogP contribution in [0.25, 0.3) is 116 Å². The predicted octanol–water partition coefficient (Wildman–Crippen LogP) is 14.3. The van der Waals surface area contributed by atoms with Gasteiger partial charge in [0.2, 0.25) is 0 Å². The number of benzene rings is 8. The summed E-state index contributed by atoms with van der Waals surface area (Å²) in [5.74, 6) is 0. The van der Waals surface area contributed by atoms with Crippen molar-refractivity contribution in [2.24, 2.45) is 0 Å². The van der Waals surface area contributed by atoms with Crippen LogP contribution in [0.4, 0.5) is 5.69 Å². The summed E-state index contributed by atoms with van der Waals surface area (Å²) in [6.45, 7) is 0.830. The summed E-state index contributed by atoms with van der Waals surface area (Å²) < 4.78 is 17.5. The summed E-state index contributed by atoms with van der Waals surface area (Å²) in [4.78, 5) is 0. The van der Waals surface area contributed by atoms with Gasteiger partial charge in [0.05, 0.1) is 27.9 Å². The summed E-state index contributed by atoms with van der Waals surface area (Å²) in [5, 5.41) is 11.7. The molecule has 0 saturated carbocycles.